The van der Waals surface area contributed by atoms with E-state index >= 15 is 0 Å². The molecule has 0 amide bonds. The minimum atomic E-state index is -0.202. The molecule has 0 radical (unpaired) electrons. The number of fused-ring (bicyclic) bond motifs is 5. The fraction of sp³-hybridized carbons (Fsp3) is 0.964. The molecule has 10 atom stereocenters. The maximum absolute atomic E-state index is 11.9. The Morgan fingerprint density at radius 3 is 2.59 bits per heavy atom. The molecule has 0 spiro atoms. The molecule has 3 N–H and O–H groups in total. The van der Waals surface area contributed by atoms with E-state index in [9.17, 15) is 15.0 Å². The van der Waals surface area contributed by atoms with Crippen molar-refractivity contribution in [3.8, 4) is 0 Å². The van der Waals surface area contributed by atoms with Crippen LogP contribution in [-0.4, -0.2) is 41.3 Å². The Morgan fingerprint density at radius 1 is 1.09 bits per heavy atom. The highest BCUT2D eigenvalue weighted by molar-refractivity contribution is 5.77. The van der Waals surface area contributed by atoms with Crippen molar-refractivity contribution in [3.63, 3.8) is 0 Å². The highest BCUT2D eigenvalue weighted by Crippen LogP contribution is 2.68. The largest absolute Gasteiger partial charge is 0.395 e. The fourth-order valence-corrected chi connectivity index (χ4v) is 9.40. The van der Waals surface area contributed by atoms with Crippen LogP contribution in [0.25, 0.3) is 0 Å². The third kappa shape index (κ3) is 4.11. The number of nitrogens with one attached hydrogen (secondary N) is 1. The summed E-state index contributed by atoms with van der Waals surface area (Å²) in [5, 5.41) is 24.5. The summed E-state index contributed by atoms with van der Waals surface area (Å²) in [5.41, 5.74) is 0.388. The van der Waals surface area contributed by atoms with Crippen LogP contribution in [0, 0.1) is 46.3 Å². The molecular formula is C28H49NO3. The molecule has 4 saturated carbocycles. The lowest BCUT2D eigenvalue weighted by atomic mass is 9.43. The summed E-state index contributed by atoms with van der Waals surface area (Å²) in [4.78, 5) is 11.9. The lowest BCUT2D eigenvalue weighted by Gasteiger charge is -2.62. The second-order valence-electron chi connectivity index (χ2n) is 12.5. The highest BCUT2D eigenvalue weighted by atomic mass is 16.3. The van der Waals surface area contributed by atoms with Gasteiger partial charge in [0, 0.05) is 25.4 Å². The van der Waals surface area contributed by atoms with Crippen molar-refractivity contribution in [1.29, 1.82) is 0 Å². The number of ketones is 1. The SMILES string of the molecule is CCC(=O)CC[C@@H](C)[C@H]1CCC2C3CC[C@@H]4C[C@@H](NCCO)CC[C@]4(C)C3C[C@H](O)[C@@]21C. The van der Waals surface area contributed by atoms with Crippen LogP contribution in [0.15, 0.2) is 0 Å². The smallest absolute Gasteiger partial charge is 0.132 e. The van der Waals surface area contributed by atoms with Gasteiger partial charge in [-0.15, -0.1) is 0 Å². The third-order valence-corrected chi connectivity index (χ3v) is 11.3. The number of hydrogen-bond donors (Lipinski definition) is 3. The van der Waals surface area contributed by atoms with Gasteiger partial charge in [0.15, 0.2) is 0 Å². The zero-order valence-electron chi connectivity index (χ0n) is 21.1. The molecule has 0 bridgehead atoms. The first-order valence-corrected chi connectivity index (χ1v) is 13.8. The molecule has 4 nitrogen and oxygen atoms in total. The second kappa shape index (κ2) is 9.66. The molecule has 4 aliphatic carbocycles. The first kappa shape index (κ1) is 24.7. The molecule has 184 valence electrons. The summed E-state index contributed by atoms with van der Waals surface area (Å²) < 4.78 is 0. The van der Waals surface area contributed by atoms with Crippen LogP contribution in [0.1, 0.15) is 98.3 Å². The highest BCUT2D eigenvalue weighted by Gasteiger charge is 2.63. The van der Waals surface area contributed by atoms with Crippen molar-refractivity contribution in [1.82, 2.24) is 5.32 Å². The van der Waals surface area contributed by atoms with Crippen molar-refractivity contribution < 1.29 is 15.0 Å². The molecule has 4 fully saturated rings. The number of carbonyl (C=O) groups is 1. The van der Waals surface area contributed by atoms with Crippen LogP contribution in [0.3, 0.4) is 0 Å². The van der Waals surface area contributed by atoms with E-state index in [0.29, 0.717) is 60.3 Å². The van der Waals surface area contributed by atoms with E-state index in [4.69, 9.17) is 0 Å². The molecule has 0 saturated heterocycles. The van der Waals surface area contributed by atoms with Gasteiger partial charge in [0.1, 0.15) is 5.78 Å². The maximum Gasteiger partial charge on any atom is 0.132 e. The average Bonchev–Trinajstić information content (AvgIpc) is 3.15. The molecule has 0 aliphatic heterocycles. The molecule has 0 aromatic carbocycles. The monoisotopic (exact) mass is 447 g/mol. The minimum Gasteiger partial charge on any atom is -0.395 e. The summed E-state index contributed by atoms with van der Waals surface area (Å²) in [6.45, 7) is 10.2. The van der Waals surface area contributed by atoms with Crippen molar-refractivity contribution in [2.24, 2.45) is 46.3 Å². The van der Waals surface area contributed by atoms with E-state index < -0.39 is 0 Å². The van der Waals surface area contributed by atoms with E-state index in [-0.39, 0.29) is 18.1 Å². The van der Waals surface area contributed by atoms with Crippen LogP contribution in [-0.2, 0) is 4.79 Å². The van der Waals surface area contributed by atoms with Crippen LogP contribution in [0.4, 0.5) is 0 Å². The number of hydrogen-bond acceptors (Lipinski definition) is 4. The number of aliphatic hydroxyl groups excluding tert-OH is 2. The van der Waals surface area contributed by atoms with Gasteiger partial charge in [-0.2, -0.15) is 0 Å². The van der Waals surface area contributed by atoms with E-state index in [1.807, 2.05) is 6.92 Å². The Balaban J connectivity index is 1.48. The van der Waals surface area contributed by atoms with Crippen LogP contribution in [0.2, 0.25) is 0 Å². The molecular weight excluding hydrogens is 398 g/mol. The van der Waals surface area contributed by atoms with Gasteiger partial charge < -0.3 is 15.5 Å². The number of carbonyl (C=O) groups excluding carboxylic acids is 1. The summed E-state index contributed by atoms with van der Waals surface area (Å²) in [7, 11) is 0. The summed E-state index contributed by atoms with van der Waals surface area (Å²) in [6, 6.07) is 0.554. The predicted octanol–water partition coefficient (Wildman–Crippen LogP) is 4.96. The molecule has 4 aliphatic rings. The molecule has 32 heavy (non-hydrogen) atoms. The number of Topliss-reactive ketones (excluding diaryl/α,β-unsaturated/α-hetero) is 1. The zero-order chi connectivity index (χ0) is 23.1. The van der Waals surface area contributed by atoms with Crippen molar-refractivity contribution in [3.05, 3.63) is 0 Å². The second-order valence-corrected chi connectivity index (χ2v) is 12.5. The molecule has 3 unspecified atom stereocenters. The summed E-state index contributed by atoms with van der Waals surface area (Å²) >= 11 is 0. The molecule has 4 heteroatoms. The molecule has 0 aromatic rings. The first-order valence-electron chi connectivity index (χ1n) is 13.8. The summed E-state index contributed by atoms with van der Waals surface area (Å²) in [5.74, 6) is 4.28. The fourth-order valence-electron chi connectivity index (χ4n) is 9.40. The molecule has 0 aromatic heterocycles. The zero-order valence-corrected chi connectivity index (χ0v) is 21.1. The van der Waals surface area contributed by atoms with Crippen LogP contribution in [0.5, 0.6) is 0 Å². The Bertz CT molecular complexity index is 667. The Labute approximate surface area is 196 Å². The van der Waals surface area contributed by atoms with Gasteiger partial charge in [-0.3, -0.25) is 4.79 Å². The van der Waals surface area contributed by atoms with Gasteiger partial charge >= 0.3 is 0 Å². The van der Waals surface area contributed by atoms with Crippen LogP contribution >= 0.6 is 0 Å². The van der Waals surface area contributed by atoms with Gasteiger partial charge in [0.25, 0.3) is 0 Å². The average molecular weight is 448 g/mol. The Morgan fingerprint density at radius 2 is 1.88 bits per heavy atom. The molecule has 4 rings (SSSR count). The van der Waals surface area contributed by atoms with E-state index in [1.54, 1.807) is 0 Å². The number of aliphatic hydroxyl groups is 2. The summed E-state index contributed by atoms with van der Waals surface area (Å²) in [6.07, 6.45) is 12.0. The van der Waals surface area contributed by atoms with E-state index in [1.165, 1.54) is 44.9 Å². The Hall–Kier alpha value is -0.450. The predicted molar refractivity (Wildman–Crippen MR) is 129 cm³/mol. The van der Waals surface area contributed by atoms with Crippen molar-refractivity contribution in [2.75, 3.05) is 13.2 Å². The van der Waals surface area contributed by atoms with Gasteiger partial charge in [-0.1, -0.05) is 27.7 Å². The lowest BCUT2D eigenvalue weighted by Crippen LogP contribution is -2.59. The number of rotatable bonds is 8. The van der Waals surface area contributed by atoms with Gasteiger partial charge in [0.2, 0.25) is 0 Å². The quantitative estimate of drug-likeness (QED) is 0.492. The maximum atomic E-state index is 11.9. The van der Waals surface area contributed by atoms with Crippen LogP contribution < -0.4 is 5.32 Å². The van der Waals surface area contributed by atoms with E-state index in [2.05, 4.69) is 26.1 Å². The Kier molecular flexibility index (Phi) is 7.45. The topological polar surface area (TPSA) is 69.6 Å². The normalized spacial score (nSPS) is 46.8. The first-order chi connectivity index (χ1) is 15.3. The standard InChI is InChI=1S/C28H49NO3/c1-5-21(31)8-6-18(2)23-10-11-24-22-9-7-19-16-20(29-14-15-30)12-13-27(19,3)25(22)17-26(32)28(23,24)4/h18-20,22-26,29-30,32H,5-17H2,1-4H3/t18-,19-,20+,22?,23-,24?,25?,26+,27+,28-/m1/s1. The third-order valence-electron chi connectivity index (χ3n) is 11.3. The molecule has 0 heterocycles. The van der Waals surface area contributed by atoms with E-state index in [0.717, 1.165) is 24.7 Å². The van der Waals surface area contributed by atoms with Gasteiger partial charge in [0.05, 0.1) is 12.7 Å². The van der Waals surface area contributed by atoms with Gasteiger partial charge in [-0.25, -0.2) is 0 Å². The van der Waals surface area contributed by atoms with Gasteiger partial charge in [-0.05, 0) is 104 Å². The van der Waals surface area contributed by atoms with Crippen molar-refractivity contribution in [2.45, 2.75) is 110 Å². The lowest BCUT2D eigenvalue weighted by molar-refractivity contribution is -0.169. The minimum absolute atomic E-state index is 0.0267. The van der Waals surface area contributed by atoms with Crippen molar-refractivity contribution >= 4 is 5.78 Å².